The first-order chi connectivity index (χ1) is 20.4. The number of thioether (sulfide) groups is 1. The van der Waals surface area contributed by atoms with Gasteiger partial charge in [-0.2, -0.15) is 11.8 Å². The van der Waals surface area contributed by atoms with Crippen molar-refractivity contribution < 1.29 is 28.7 Å². The van der Waals surface area contributed by atoms with Gasteiger partial charge in [-0.05, 0) is 65.6 Å². The molecule has 0 fully saturated rings. The summed E-state index contributed by atoms with van der Waals surface area (Å²) < 4.78 is 9.84. The molecule has 2 aromatic rings. The van der Waals surface area contributed by atoms with Crippen molar-refractivity contribution in [2.75, 3.05) is 63.2 Å². The van der Waals surface area contributed by atoms with Gasteiger partial charge in [0, 0.05) is 76.0 Å². The van der Waals surface area contributed by atoms with E-state index in [9.17, 15) is 19.2 Å². The Morgan fingerprint density at radius 2 is 1.12 bits per heavy atom. The van der Waals surface area contributed by atoms with Crippen molar-refractivity contribution in [3.05, 3.63) is 47.5 Å². The van der Waals surface area contributed by atoms with Crippen LogP contribution in [0.5, 0.6) is 0 Å². The largest absolute Gasteiger partial charge is 0.383 e. The number of ether oxygens (including phenoxy) is 2. The van der Waals surface area contributed by atoms with Gasteiger partial charge in [0.05, 0.1) is 13.2 Å². The van der Waals surface area contributed by atoms with Crippen molar-refractivity contribution in [3.63, 3.8) is 0 Å². The van der Waals surface area contributed by atoms with Crippen LogP contribution in [0.4, 0.5) is 11.4 Å². The van der Waals surface area contributed by atoms with E-state index in [0.29, 0.717) is 39.1 Å². The third-order valence-electron chi connectivity index (χ3n) is 6.92. The van der Waals surface area contributed by atoms with E-state index < -0.39 is 0 Å². The first kappa shape index (κ1) is 33.1. The van der Waals surface area contributed by atoms with E-state index in [0.717, 1.165) is 39.4 Å². The Morgan fingerprint density at radius 3 is 1.52 bits per heavy atom. The molecule has 0 heterocycles. The minimum Gasteiger partial charge on any atom is -0.383 e. The molecule has 0 aromatic heterocycles. The summed E-state index contributed by atoms with van der Waals surface area (Å²) in [6.45, 7) is 1.83. The van der Waals surface area contributed by atoms with Crippen LogP contribution in [0.3, 0.4) is 0 Å². The molecule has 10 nitrogen and oxygen atoms in total. The van der Waals surface area contributed by atoms with Crippen LogP contribution in [0, 0.1) is 0 Å². The van der Waals surface area contributed by atoms with Gasteiger partial charge in [0.25, 0.3) is 0 Å². The second-order valence-electron chi connectivity index (χ2n) is 10.1. The summed E-state index contributed by atoms with van der Waals surface area (Å²) >= 11 is 1.74. The quantitative estimate of drug-likeness (QED) is 0.191. The number of amides is 4. The molecule has 1 aliphatic rings. The lowest BCUT2D eigenvalue weighted by molar-refractivity contribution is -0.122. The SMILES string of the molecule is COCCNC(=O)CCCC(=O)Nc1ccc2c(c1)C(CSC)c1cc(NC(=O)CCCC(=O)NCCOC)ccc1-2. The predicted octanol–water partition coefficient (Wildman–Crippen LogP) is 3.90. The van der Waals surface area contributed by atoms with Crippen molar-refractivity contribution in [2.45, 2.75) is 44.4 Å². The van der Waals surface area contributed by atoms with Crippen LogP contribution in [0.2, 0.25) is 0 Å². The summed E-state index contributed by atoms with van der Waals surface area (Å²) in [5.41, 5.74) is 5.96. The number of fused-ring (bicyclic) bond motifs is 3. The van der Waals surface area contributed by atoms with E-state index in [1.807, 2.05) is 36.4 Å². The lowest BCUT2D eigenvalue weighted by Gasteiger charge is -2.14. The third-order valence-corrected chi connectivity index (χ3v) is 7.58. The van der Waals surface area contributed by atoms with Gasteiger partial charge >= 0.3 is 0 Å². The molecule has 11 heteroatoms. The summed E-state index contributed by atoms with van der Waals surface area (Å²) in [4.78, 5) is 48.8. The molecular weight excluding hydrogens is 556 g/mol. The number of hydrogen-bond acceptors (Lipinski definition) is 7. The highest BCUT2D eigenvalue weighted by Crippen LogP contribution is 2.47. The maximum atomic E-state index is 12.6. The fraction of sp³-hybridized carbons (Fsp3) is 0.484. The molecule has 42 heavy (non-hydrogen) atoms. The van der Waals surface area contributed by atoms with Crippen molar-refractivity contribution in [1.82, 2.24) is 10.6 Å². The number of nitrogens with one attached hydrogen (secondary N) is 4. The van der Waals surface area contributed by atoms with Gasteiger partial charge in [-0.15, -0.1) is 0 Å². The molecule has 0 radical (unpaired) electrons. The molecule has 4 N–H and O–H groups in total. The number of benzene rings is 2. The first-order valence-electron chi connectivity index (χ1n) is 14.2. The topological polar surface area (TPSA) is 135 Å². The Kier molecular flexibility index (Phi) is 13.8. The van der Waals surface area contributed by atoms with E-state index in [4.69, 9.17) is 9.47 Å². The molecule has 1 aliphatic carbocycles. The van der Waals surface area contributed by atoms with Gasteiger partial charge in [-0.25, -0.2) is 0 Å². The second kappa shape index (κ2) is 17.5. The molecular formula is C31H42N4O6S. The summed E-state index contributed by atoms with van der Waals surface area (Å²) in [5, 5.41) is 11.5. The highest BCUT2D eigenvalue weighted by molar-refractivity contribution is 7.98. The van der Waals surface area contributed by atoms with Crippen molar-refractivity contribution in [3.8, 4) is 11.1 Å². The number of carbonyl (C=O) groups is 4. The molecule has 0 atom stereocenters. The molecule has 2 aromatic carbocycles. The highest BCUT2D eigenvalue weighted by Gasteiger charge is 2.29. The maximum absolute atomic E-state index is 12.6. The minimum atomic E-state index is -0.131. The predicted molar refractivity (Wildman–Crippen MR) is 167 cm³/mol. The third kappa shape index (κ3) is 10.1. The average molecular weight is 599 g/mol. The van der Waals surface area contributed by atoms with Crippen LogP contribution < -0.4 is 21.3 Å². The van der Waals surface area contributed by atoms with Gasteiger partial charge in [-0.3, -0.25) is 19.2 Å². The molecule has 4 amide bonds. The van der Waals surface area contributed by atoms with E-state index >= 15 is 0 Å². The van der Waals surface area contributed by atoms with Crippen LogP contribution >= 0.6 is 11.8 Å². The Balaban J connectivity index is 1.57. The fourth-order valence-electron chi connectivity index (χ4n) is 4.89. The second-order valence-corrected chi connectivity index (χ2v) is 11.0. The summed E-state index contributed by atoms with van der Waals surface area (Å²) in [6, 6.07) is 11.9. The summed E-state index contributed by atoms with van der Waals surface area (Å²) in [6.07, 6.45) is 4.07. The van der Waals surface area contributed by atoms with Crippen LogP contribution in [-0.2, 0) is 28.7 Å². The van der Waals surface area contributed by atoms with Gasteiger partial charge < -0.3 is 30.7 Å². The van der Waals surface area contributed by atoms with E-state index in [1.165, 1.54) is 0 Å². The monoisotopic (exact) mass is 598 g/mol. The van der Waals surface area contributed by atoms with Crippen LogP contribution in [0.15, 0.2) is 36.4 Å². The van der Waals surface area contributed by atoms with Crippen molar-refractivity contribution in [1.29, 1.82) is 0 Å². The van der Waals surface area contributed by atoms with E-state index in [1.54, 1.807) is 26.0 Å². The number of carbonyl (C=O) groups excluding carboxylic acids is 4. The van der Waals surface area contributed by atoms with Gasteiger partial charge in [0.2, 0.25) is 23.6 Å². The summed E-state index contributed by atoms with van der Waals surface area (Å²) in [5.74, 6) is 0.525. The Bertz CT molecular complexity index is 1150. The minimum absolute atomic E-state index is 0.0910. The molecule has 0 bridgehead atoms. The number of hydrogen-bond donors (Lipinski definition) is 4. The molecule has 0 spiro atoms. The zero-order valence-corrected chi connectivity index (χ0v) is 25.5. The molecule has 0 aliphatic heterocycles. The zero-order valence-electron chi connectivity index (χ0n) is 24.7. The van der Waals surface area contributed by atoms with Crippen molar-refractivity contribution >= 4 is 46.8 Å². The number of anilines is 2. The van der Waals surface area contributed by atoms with Gasteiger partial charge in [-0.1, -0.05) is 12.1 Å². The smallest absolute Gasteiger partial charge is 0.224 e. The molecule has 228 valence electrons. The summed E-state index contributed by atoms with van der Waals surface area (Å²) in [7, 11) is 3.16. The van der Waals surface area contributed by atoms with Crippen LogP contribution in [0.1, 0.15) is 55.6 Å². The standard InChI is InChI=1S/C31H42N4O6S/c1-40-16-14-32-28(36)6-4-8-30(38)34-21-10-12-23-24-13-11-22(19-26(24)27(20-42-3)25(23)18-21)35-31(39)9-5-7-29(37)33-15-17-41-2/h10-13,18-19,27H,4-9,14-17,20H2,1-3H3,(H,32,36)(H,33,37)(H,34,38)(H,35,39). The molecule has 0 saturated carbocycles. The fourth-order valence-corrected chi connectivity index (χ4v) is 5.58. The Hall–Kier alpha value is -3.41. The lowest BCUT2D eigenvalue weighted by atomic mass is 9.98. The van der Waals surface area contributed by atoms with Gasteiger partial charge in [0.15, 0.2) is 0 Å². The van der Waals surface area contributed by atoms with Gasteiger partial charge in [0.1, 0.15) is 0 Å². The number of methoxy groups -OCH3 is 2. The van der Waals surface area contributed by atoms with Crippen molar-refractivity contribution in [2.24, 2.45) is 0 Å². The normalized spacial score (nSPS) is 11.9. The highest BCUT2D eigenvalue weighted by atomic mass is 32.2. The number of rotatable bonds is 18. The zero-order chi connectivity index (χ0) is 30.3. The van der Waals surface area contributed by atoms with E-state index in [2.05, 4.69) is 27.5 Å². The Morgan fingerprint density at radius 1 is 0.690 bits per heavy atom. The van der Waals surface area contributed by atoms with E-state index in [-0.39, 0.29) is 55.2 Å². The first-order valence-corrected chi connectivity index (χ1v) is 15.6. The molecule has 0 saturated heterocycles. The van der Waals surface area contributed by atoms with Crippen LogP contribution in [0.25, 0.3) is 11.1 Å². The maximum Gasteiger partial charge on any atom is 0.224 e. The Labute approximate surface area is 252 Å². The van der Waals surface area contributed by atoms with Crippen LogP contribution in [-0.4, -0.2) is 76.2 Å². The lowest BCUT2D eigenvalue weighted by Crippen LogP contribution is -2.26. The molecule has 3 rings (SSSR count). The molecule has 0 unspecified atom stereocenters. The average Bonchev–Trinajstić information content (AvgIpc) is 3.25.